The van der Waals surface area contributed by atoms with E-state index in [0.29, 0.717) is 6.42 Å². The van der Waals surface area contributed by atoms with Crippen molar-refractivity contribution >= 4 is 16.7 Å². The third-order valence-electron chi connectivity index (χ3n) is 9.74. The highest BCUT2D eigenvalue weighted by Crippen LogP contribution is 2.34. The summed E-state index contributed by atoms with van der Waals surface area (Å²) in [6, 6.07) is 10.4. The number of fused-ring (bicyclic) bond motifs is 1. The molecule has 0 unspecified atom stereocenters. The van der Waals surface area contributed by atoms with Gasteiger partial charge in [-0.25, -0.2) is 0 Å². The van der Waals surface area contributed by atoms with Crippen LogP contribution in [0.1, 0.15) is 157 Å². The summed E-state index contributed by atoms with van der Waals surface area (Å²) in [5, 5.41) is 2.11. The number of esters is 1. The average molecular weight is 691 g/mol. The van der Waals surface area contributed by atoms with Gasteiger partial charge >= 0.3 is 5.97 Å². The first kappa shape index (κ1) is 43.5. The first-order chi connectivity index (χ1) is 24.4. The van der Waals surface area contributed by atoms with Crippen molar-refractivity contribution in [2.24, 2.45) is 0 Å². The molecule has 0 aliphatic rings. The zero-order chi connectivity index (χ0) is 37.6. The van der Waals surface area contributed by atoms with Crippen molar-refractivity contribution in [2.75, 3.05) is 0 Å². The van der Waals surface area contributed by atoms with Crippen LogP contribution in [0.25, 0.3) is 10.8 Å². The molecule has 0 heterocycles. The van der Waals surface area contributed by atoms with Crippen LogP contribution >= 0.6 is 0 Å². The summed E-state index contributed by atoms with van der Waals surface area (Å²) in [7, 11) is 0. The second-order valence-electron chi connectivity index (χ2n) is 15.1. The Morgan fingerprint density at radius 3 is 1.37 bits per heavy atom. The van der Waals surface area contributed by atoms with Crippen LogP contribution in [0.3, 0.4) is 0 Å². The van der Waals surface area contributed by atoms with E-state index in [0.717, 1.165) is 98.3 Å². The Hall–Kier alpha value is -3.65. The quantitative estimate of drug-likeness (QED) is 0.0698. The highest BCUT2D eigenvalue weighted by atomic mass is 16.5. The van der Waals surface area contributed by atoms with Crippen molar-refractivity contribution in [3.8, 4) is 5.75 Å². The lowest BCUT2D eigenvalue weighted by Crippen LogP contribution is -2.08. The van der Waals surface area contributed by atoms with Gasteiger partial charge in [0.2, 0.25) is 0 Å². The molecule has 2 rings (SSSR count). The van der Waals surface area contributed by atoms with Gasteiger partial charge in [0.05, 0.1) is 0 Å². The van der Waals surface area contributed by atoms with E-state index in [9.17, 15) is 4.79 Å². The summed E-state index contributed by atoms with van der Waals surface area (Å²) >= 11 is 0. The molecular weight excluding hydrogens is 621 g/mol. The lowest BCUT2D eigenvalue weighted by molar-refractivity contribution is -0.133. The van der Waals surface area contributed by atoms with E-state index in [-0.39, 0.29) is 5.97 Å². The van der Waals surface area contributed by atoms with Crippen molar-refractivity contribution in [3.05, 3.63) is 123 Å². The van der Waals surface area contributed by atoms with Gasteiger partial charge in [-0.3, -0.25) is 4.79 Å². The minimum atomic E-state index is -0.189. The van der Waals surface area contributed by atoms with Crippen LogP contribution < -0.4 is 4.74 Å². The van der Waals surface area contributed by atoms with Crippen molar-refractivity contribution in [1.29, 1.82) is 0 Å². The van der Waals surface area contributed by atoms with Gasteiger partial charge in [0.25, 0.3) is 0 Å². The van der Waals surface area contributed by atoms with Crippen LogP contribution in [-0.2, 0) is 11.2 Å². The molecule has 0 fully saturated rings. The number of allylic oxidation sites excluding steroid dienone is 14. The largest absolute Gasteiger partial charge is 0.426 e. The molecule has 0 radical (unpaired) electrons. The van der Waals surface area contributed by atoms with E-state index in [1.807, 2.05) is 25.1 Å². The number of hydrogen-bond acceptors (Lipinski definition) is 2. The van der Waals surface area contributed by atoms with Gasteiger partial charge in [0.15, 0.2) is 0 Å². The van der Waals surface area contributed by atoms with Gasteiger partial charge < -0.3 is 4.74 Å². The number of hydrogen-bond donors (Lipinski definition) is 0. The third kappa shape index (κ3) is 18.4. The Morgan fingerprint density at radius 1 is 0.569 bits per heavy atom. The topological polar surface area (TPSA) is 26.3 Å². The minimum Gasteiger partial charge on any atom is -0.426 e. The van der Waals surface area contributed by atoms with Crippen molar-refractivity contribution in [3.63, 3.8) is 0 Å². The zero-order valence-corrected chi connectivity index (χ0v) is 34.1. The number of rotatable bonds is 22. The lowest BCUT2D eigenvalue weighted by atomic mass is 9.96. The van der Waals surface area contributed by atoms with E-state index < -0.39 is 0 Å². The summed E-state index contributed by atoms with van der Waals surface area (Å²) in [6.07, 6.45) is 31.5. The fourth-order valence-corrected chi connectivity index (χ4v) is 6.26. The Bertz CT molecular complexity index is 1610. The monoisotopic (exact) mass is 691 g/mol. The average Bonchev–Trinajstić information content (AvgIpc) is 3.07. The summed E-state index contributed by atoms with van der Waals surface area (Å²) in [6.45, 7) is 21.9. The molecule has 2 nitrogen and oxygen atoms in total. The van der Waals surface area contributed by atoms with Gasteiger partial charge in [-0.15, -0.1) is 0 Å². The summed E-state index contributed by atoms with van der Waals surface area (Å²) < 4.78 is 5.88. The molecule has 2 heteroatoms. The van der Waals surface area contributed by atoms with Gasteiger partial charge in [-0.1, -0.05) is 119 Å². The summed E-state index contributed by atoms with van der Waals surface area (Å²) in [5.74, 6) is 0.534. The van der Waals surface area contributed by atoms with Crippen LogP contribution in [-0.4, -0.2) is 5.97 Å². The second kappa shape index (κ2) is 24.5. The molecule has 0 saturated carbocycles. The van der Waals surface area contributed by atoms with E-state index >= 15 is 0 Å². The van der Waals surface area contributed by atoms with Crippen LogP contribution in [0.4, 0.5) is 0 Å². The fraction of sp³-hybridized carbons (Fsp3) is 0.490. The van der Waals surface area contributed by atoms with E-state index in [1.165, 1.54) is 51.9 Å². The molecule has 0 spiro atoms. The van der Waals surface area contributed by atoms with Crippen molar-refractivity contribution in [1.82, 2.24) is 0 Å². The molecule has 0 aromatic heterocycles. The Morgan fingerprint density at radius 2 is 0.961 bits per heavy atom. The Labute approximate surface area is 313 Å². The van der Waals surface area contributed by atoms with E-state index in [1.54, 1.807) is 0 Å². The molecule has 0 N–H and O–H groups in total. The molecule has 278 valence electrons. The van der Waals surface area contributed by atoms with E-state index in [2.05, 4.69) is 117 Å². The van der Waals surface area contributed by atoms with Crippen LogP contribution in [0.15, 0.2) is 112 Å². The standard InChI is InChI=1S/C49H70O2/c1-11-48(50)51-49-46(44(10)36-45-32-12-13-33-47(45)49)35-34-43(9)31-19-30-42(8)29-18-28-41(7)27-17-26-40(6)25-16-24-39(5)23-15-22-38(4)21-14-20-37(2)3/h12-13,20,22,24,26,28,30,32-34,36H,11,14-19,21,23,25,27,29,31,35H2,1-10H3/b38-22+,39-24+,40-26+,41-28+,42-30+,43-34+. The van der Waals surface area contributed by atoms with Gasteiger partial charge in [-0.05, 0) is 157 Å². The molecule has 51 heavy (non-hydrogen) atoms. The molecule has 2 aromatic carbocycles. The first-order valence-electron chi connectivity index (χ1n) is 19.7. The van der Waals surface area contributed by atoms with Crippen LogP contribution in [0, 0.1) is 6.92 Å². The number of aryl methyl sites for hydroxylation is 1. The van der Waals surface area contributed by atoms with Gasteiger partial charge in [-0.2, -0.15) is 0 Å². The van der Waals surface area contributed by atoms with Crippen molar-refractivity contribution in [2.45, 2.75) is 159 Å². The maximum Gasteiger partial charge on any atom is 0.310 e. The number of carbonyl (C=O) groups excluding carboxylic acids is 1. The zero-order valence-electron chi connectivity index (χ0n) is 34.1. The molecule has 0 atom stereocenters. The minimum absolute atomic E-state index is 0.189. The molecule has 0 aliphatic carbocycles. The maximum atomic E-state index is 12.3. The first-order valence-corrected chi connectivity index (χ1v) is 19.7. The molecule has 0 amide bonds. The number of carbonyl (C=O) groups is 1. The molecule has 2 aromatic rings. The third-order valence-corrected chi connectivity index (χ3v) is 9.74. The van der Waals surface area contributed by atoms with Crippen molar-refractivity contribution < 1.29 is 9.53 Å². The molecule has 0 saturated heterocycles. The van der Waals surface area contributed by atoms with Gasteiger partial charge in [0, 0.05) is 17.4 Å². The molecule has 0 bridgehead atoms. The fourth-order valence-electron chi connectivity index (χ4n) is 6.26. The Balaban J connectivity index is 1.73. The summed E-state index contributed by atoms with van der Waals surface area (Å²) in [5.41, 5.74) is 12.6. The molecule has 0 aliphatic heterocycles. The smallest absolute Gasteiger partial charge is 0.310 e. The highest BCUT2D eigenvalue weighted by molar-refractivity contribution is 5.92. The highest BCUT2D eigenvalue weighted by Gasteiger charge is 2.14. The number of ether oxygens (including phenoxy) is 1. The lowest BCUT2D eigenvalue weighted by Gasteiger charge is -2.15. The predicted molar refractivity (Wildman–Crippen MR) is 226 cm³/mol. The van der Waals surface area contributed by atoms with Gasteiger partial charge in [0.1, 0.15) is 5.75 Å². The SMILES string of the molecule is CCC(=O)Oc1c(C/C=C(\C)CC/C=C(\C)CC/C=C(\C)CC/C=C(\C)CC/C=C(\C)CC/C=C(\C)CCC=C(C)C)c(C)cc2ccccc12. The number of benzene rings is 2. The second-order valence-corrected chi connectivity index (χ2v) is 15.1. The van der Waals surface area contributed by atoms with E-state index in [4.69, 9.17) is 4.74 Å². The maximum absolute atomic E-state index is 12.3. The predicted octanol–water partition coefficient (Wildman–Crippen LogP) is 15.3. The normalized spacial score (nSPS) is 13.6. The van der Waals surface area contributed by atoms with Crippen LogP contribution in [0.2, 0.25) is 0 Å². The molecular formula is C49H70O2. The summed E-state index contributed by atoms with van der Waals surface area (Å²) in [4.78, 5) is 12.3. The van der Waals surface area contributed by atoms with Crippen LogP contribution in [0.5, 0.6) is 5.75 Å². The Kier molecular flexibility index (Phi) is 20.9.